The molecule has 0 radical (unpaired) electrons. The average Bonchev–Trinajstić information content (AvgIpc) is 2.61. The molecule has 2 aliphatic rings. The van der Waals surface area contributed by atoms with E-state index in [9.17, 15) is 0 Å². The topological polar surface area (TPSA) is 29.0 Å². The summed E-state index contributed by atoms with van der Waals surface area (Å²) in [4.78, 5) is 0. The van der Waals surface area contributed by atoms with Gasteiger partial charge in [-0.3, -0.25) is 0 Å². The molecule has 0 bridgehead atoms. The highest BCUT2D eigenvalue weighted by Crippen LogP contribution is 2.29. The molecule has 0 unspecified atom stereocenters. The number of hydrogen-bond donors (Lipinski definition) is 1. The van der Waals surface area contributed by atoms with Crippen molar-refractivity contribution in [2.24, 2.45) is 5.73 Å². The van der Waals surface area contributed by atoms with E-state index in [4.69, 9.17) is 5.73 Å². The van der Waals surface area contributed by atoms with E-state index in [1.165, 1.54) is 37.3 Å². The van der Waals surface area contributed by atoms with E-state index in [-0.39, 0.29) is 0 Å². The van der Waals surface area contributed by atoms with E-state index in [0.29, 0.717) is 0 Å². The fourth-order valence-electron chi connectivity index (χ4n) is 1.47. The van der Waals surface area contributed by atoms with Gasteiger partial charge in [0.25, 0.3) is 0 Å². The third kappa shape index (κ3) is 0.852. The van der Waals surface area contributed by atoms with Crippen molar-refractivity contribution in [3.63, 3.8) is 0 Å². The summed E-state index contributed by atoms with van der Waals surface area (Å²) < 4.78 is 1.22. The lowest BCUT2D eigenvalue weighted by atomic mass is 10.6. The molecule has 9 heavy (non-hydrogen) atoms. The number of nitrogens with zero attached hydrogens (tertiary/aromatic N) is 2. The minimum absolute atomic E-state index is 0.844. The Morgan fingerprint density at radius 1 is 1.33 bits per heavy atom. The van der Waals surface area contributed by atoms with Crippen molar-refractivity contribution >= 4 is 0 Å². The van der Waals surface area contributed by atoms with Gasteiger partial charge in [-0.05, 0) is 0 Å². The van der Waals surface area contributed by atoms with Gasteiger partial charge in [0.15, 0.2) is 0 Å². The van der Waals surface area contributed by atoms with Crippen molar-refractivity contribution in [2.45, 2.75) is 0 Å². The van der Waals surface area contributed by atoms with Gasteiger partial charge in [0, 0.05) is 6.54 Å². The number of rotatable bonds is 3. The molecule has 2 fully saturated rings. The summed E-state index contributed by atoms with van der Waals surface area (Å²) in [6, 6.07) is 0. The molecule has 2 saturated heterocycles. The molecule has 52 valence electrons. The zero-order chi connectivity index (χ0) is 6.32. The normalized spacial score (nSPS) is 30.3. The molecular weight excluding hydrogens is 114 g/mol. The Hall–Kier alpha value is -0.120. The van der Waals surface area contributed by atoms with Crippen molar-refractivity contribution in [3.8, 4) is 0 Å². The van der Waals surface area contributed by atoms with Gasteiger partial charge in [0.2, 0.25) is 0 Å². The first-order valence-electron chi connectivity index (χ1n) is 3.69. The van der Waals surface area contributed by atoms with Gasteiger partial charge in [0.05, 0.1) is 13.1 Å². The lowest BCUT2D eigenvalue weighted by Crippen LogP contribution is -2.36. The molecule has 2 heterocycles. The van der Waals surface area contributed by atoms with Crippen molar-refractivity contribution in [3.05, 3.63) is 0 Å². The lowest BCUT2D eigenvalue weighted by Gasteiger charge is -2.16. The van der Waals surface area contributed by atoms with E-state index < -0.39 is 0 Å². The number of hydrogen-bond acceptors (Lipinski definition) is 2. The fourth-order valence-corrected chi connectivity index (χ4v) is 1.47. The Kier molecular flexibility index (Phi) is 1.06. The standard InChI is InChI=1S/C6H14N3/c7-1-4-9(5-6-9)8-2-3-8/h1-7H2/q+1. The highest BCUT2D eigenvalue weighted by molar-refractivity contribution is 4.68. The minimum Gasteiger partial charge on any atom is -0.325 e. The Labute approximate surface area is 55.6 Å². The van der Waals surface area contributed by atoms with Gasteiger partial charge < -0.3 is 5.73 Å². The molecule has 0 saturated carbocycles. The molecular formula is C6H14N3+. The van der Waals surface area contributed by atoms with Crippen molar-refractivity contribution in [1.82, 2.24) is 5.01 Å². The highest BCUT2D eigenvalue weighted by Gasteiger charge is 2.52. The monoisotopic (exact) mass is 128 g/mol. The van der Waals surface area contributed by atoms with Crippen molar-refractivity contribution < 1.29 is 4.59 Å². The maximum atomic E-state index is 5.48. The third-order valence-corrected chi connectivity index (χ3v) is 2.31. The Morgan fingerprint density at radius 2 is 2.00 bits per heavy atom. The van der Waals surface area contributed by atoms with Crippen LogP contribution in [0.15, 0.2) is 0 Å². The summed E-state index contributed by atoms with van der Waals surface area (Å²) in [6.07, 6.45) is 0. The Balaban J connectivity index is 1.89. The van der Waals surface area contributed by atoms with Crippen LogP contribution in [0.25, 0.3) is 0 Å². The molecule has 0 spiro atoms. The summed E-state index contributed by atoms with van der Waals surface area (Å²) >= 11 is 0. The van der Waals surface area contributed by atoms with Crippen molar-refractivity contribution in [1.29, 1.82) is 0 Å². The zero-order valence-electron chi connectivity index (χ0n) is 5.71. The molecule has 3 heteroatoms. The molecule has 3 nitrogen and oxygen atoms in total. The van der Waals surface area contributed by atoms with Crippen molar-refractivity contribution in [2.75, 3.05) is 39.3 Å². The van der Waals surface area contributed by atoms with Gasteiger partial charge in [-0.15, -0.1) is 0 Å². The SMILES string of the molecule is NCC[N+]1(N2CC2)CC1. The van der Waals surface area contributed by atoms with E-state index >= 15 is 0 Å². The second-order valence-electron chi connectivity index (χ2n) is 3.01. The first-order chi connectivity index (χ1) is 4.37. The average molecular weight is 128 g/mol. The van der Waals surface area contributed by atoms with Gasteiger partial charge in [-0.2, -0.15) is 5.01 Å². The van der Waals surface area contributed by atoms with E-state index in [1.807, 2.05) is 0 Å². The van der Waals surface area contributed by atoms with E-state index in [0.717, 1.165) is 6.54 Å². The minimum atomic E-state index is 0.844. The van der Waals surface area contributed by atoms with Gasteiger partial charge in [-0.25, -0.2) is 4.59 Å². The van der Waals surface area contributed by atoms with Gasteiger partial charge >= 0.3 is 0 Å². The van der Waals surface area contributed by atoms with Crippen LogP contribution in [-0.2, 0) is 0 Å². The molecule has 0 aromatic carbocycles. The molecule has 0 amide bonds. The van der Waals surface area contributed by atoms with Crippen LogP contribution >= 0.6 is 0 Å². The first kappa shape index (κ1) is 5.65. The summed E-state index contributed by atoms with van der Waals surface area (Å²) in [7, 11) is 0. The summed E-state index contributed by atoms with van der Waals surface area (Å²) in [5.41, 5.74) is 5.48. The molecule has 2 N–H and O–H groups in total. The van der Waals surface area contributed by atoms with Crippen LogP contribution in [0, 0.1) is 0 Å². The highest BCUT2D eigenvalue weighted by atomic mass is 15.9. The number of quaternary nitrogens is 1. The second-order valence-corrected chi connectivity index (χ2v) is 3.01. The molecule has 0 aliphatic carbocycles. The molecule has 0 aromatic heterocycles. The summed E-state index contributed by atoms with van der Waals surface area (Å²) in [5.74, 6) is 0. The zero-order valence-corrected chi connectivity index (χ0v) is 5.71. The Bertz CT molecular complexity index is 115. The predicted molar refractivity (Wildman–Crippen MR) is 35.5 cm³/mol. The summed E-state index contributed by atoms with van der Waals surface area (Å²) in [5, 5.41) is 2.49. The van der Waals surface area contributed by atoms with Crippen LogP contribution in [0.4, 0.5) is 0 Å². The quantitative estimate of drug-likeness (QED) is 0.390. The molecule has 0 atom stereocenters. The molecule has 2 rings (SSSR count). The smallest absolute Gasteiger partial charge is 0.148 e. The van der Waals surface area contributed by atoms with E-state index in [2.05, 4.69) is 5.01 Å². The number of nitrogens with two attached hydrogens (primary N) is 1. The largest absolute Gasteiger partial charge is 0.325 e. The lowest BCUT2D eigenvalue weighted by molar-refractivity contribution is -0.900. The van der Waals surface area contributed by atoms with Gasteiger partial charge in [0.1, 0.15) is 19.6 Å². The van der Waals surface area contributed by atoms with Crippen LogP contribution in [-0.4, -0.2) is 48.9 Å². The predicted octanol–water partition coefficient (Wildman–Crippen LogP) is -0.994. The van der Waals surface area contributed by atoms with Crippen LogP contribution in [0.2, 0.25) is 0 Å². The summed E-state index contributed by atoms with van der Waals surface area (Å²) in [6.45, 7) is 7.31. The van der Waals surface area contributed by atoms with E-state index in [1.54, 1.807) is 0 Å². The second kappa shape index (κ2) is 1.68. The van der Waals surface area contributed by atoms with Crippen LogP contribution in [0.1, 0.15) is 0 Å². The van der Waals surface area contributed by atoms with Gasteiger partial charge in [-0.1, -0.05) is 0 Å². The fraction of sp³-hybridized carbons (Fsp3) is 1.00. The van der Waals surface area contributed by atoms with Crippen LogP contribution in [0.5, 0.6) is 0 Å². The molecule has 2 aliphatic heterocycles. The van der Waals surface area contributed by atoms with Crippen LogP contribution in [0.3, 0.4) is 0 Å². The first-order valence-corrected chi connectivity index (χ1v) is 3.69. The maximum absolute atomic E-state index is 5.48. The van der Waals surface area contributed by atoms with Crippen LogP contribution < -0.4 is 5.73 Å². The third-order valence-electron chi connectivity index (χ3n) is 2.31. The maximum Gasteiger partial charge on any atom is 0.148 e. The Morgan fingerprint density at radius 3 is 2.33 bits per heavy atom. The molecule has 0 aromatic rings.